The highest BCUT2D eigenvalue weighted by molar-refractivity contribution is 7.10. The second kappa shape index (κ2) is 6.72. The molecule has 1 aromatic rings. The van der Waals surface area contributed by atoms with E-state index in [2.05, 4.69) is 37.5 Å². The Labute approximate surface area is 116 Å². The fourth-order valence-corrected chi connectivity index (χ4v) is 3.88. The van der Waals surface area contributed by atoms with Crippen LogP contribution in [-0.2, 0) is 0 Å². The molecule has 0 aliphatic heterocycles. The first kappa shape index (κ1) is 14.1. The Kier molecular flexibility index (Phi) is 5.25. The fraction of sp³-hybridized carbons (Fsp3) is 0.750. The van der Waals surface area contributed by atoms with Crippen molar-refractivity contribution in [2.75, 3.05) is 13.1 Å². The van der Waals surface area contributed by atoms with Crippen LogP contribution in [0.1, 0.15) is 55.9 Å². The molecule has 0 spiro atoms. The maximum absolute atomic E-state index is 3.66. The topological polar surface area (TPSA) is 12.0 Å². The minimum Gasteiger partial charge on any atom is -0.316 e. The van der Waals surface area contributed by atoms with Gasteiger partial charge in [-0.2, -0.15) is 0 Å². The summed E-state index contributed by atoms with van der Waals surface area (Å²) in [5.74, 6) is 2.42. The van der Waals surface area contributed by atoms with Crippen LogP contribution in [-0.4, -0.2) is 13.1 Å². The van der Waals surface area contributed by atoms with Crippen molar-refractivity contribution in [3.05, 3.63) is 21.9 Å². The highest BCUT2D eigenvalue weighted by atomic mass is 32.1. The van der Waals surface area contributed by atoms with Gasteiger partial charge in [-0.1, -0.05) is 26.7 Å². The van der Waals surface area contributed by atoms with E-state index in [1.807, 2.05) is 11.3 Å². The van der Waals surface area contributed by atoms with Gasteiger partial charge in [-0.3, -0.25) is 0 Å². The molecular formula is C16H27NS. The average molecular weight is 265 g/mol. The Balaban J connectivity index is 1.93. The van der Waals surface area contributed by atoms with Crippen LogP contribution >= 0.6 is 11.3 Å². The van der Waals surface area contributed by atoms with E-state index in [4.69, 9.17) is 0 Å². The largest absolute Gasteiger partial charge is 0.316 e. The highest BCUT2D eigenvalue weighted by Crippen LogP contribution is 2.38. The zero-order valence-corrected chi connectivity index (χ0v) is 12.9. The van der Waals surface area contributed by atoms with Gasteiger partial charge in [-0.25, -0.2) is 0 Å². The van der Waals surface area contributed by atoms with E-state index in [1.165, 1.54) is 37.1 Å². The highest BCUT2D eigenvalue weighted by Gasteiger charge is 2.26. The van der Waals surface area contributed by atoms with Gasteiger partial charge in [0.1, 0.15) is 0 Å². The molecule has 0 aromatic carbocycles. The van der Waals surface area contributed by atoms with Gasteiger partial charge in [-0.15, -0.1) is 11.3 Å². The maximum atomic E-state index is 3.66. The van der Waals surface area contributed by atoms with Crippen LogP contribution in [0.5, 0.6) is 0 Å². The molecule has 2 unspecified atom stereocenters. The van der Waals surface area contributed by atoms with Crippen molar-refractivity contribution in [2.45, 2.75) is 52.4 Å². The summed E-state index contributed by atoms with van der Waals surface area (Å²) in [4.78, 5) is 1.46. The summed E-state index contributed by atoms with van der Waals surface area (Å²) in [7, 11) is 0. The van der Waals surface area contributed by atoms with Gasteiger partial charge in [0.05, 0.1) is 0 Å². The number of rotatable bonds is 5. The van der Waals surface area contributed by atoms with E-state index in [0.29, 0.717) is 0 Å². The Morgan fingerprint density at radius 3 is 2.78 bits per heavy atom. The molecule has 1 nitrogen and oxygen atoms in total. The lowest BCUT2D eigenvalue weighted by Crippen LogP contribution is -2.31. The molecule has 0 amide bonds. The molecule has 1 N–H and O–H groups in total. The van der Waals surface area contributed by atoms with Crippen molar-refractivity contribution in [3.63, 3.8) is 0 Å². The molecule has 1 fully saturated rings. The summed E-state index contributed by atoms with van der Waals surface area (Å²) in [6.07, 6.45) is 5.64. The Hall–Kier alpha value is -0.340. The number of thiophene rings is 1. The Bertz CT molecular complexity index is 356. The van der Waals surface area contributed by atoms with Gasteiger partial charge in [-0.05, 0) is 67.6 Å². The number of aryl methyl sites for hydroxylation is 1. The van der Waals surface area contributed by atoms with Crippen LogP contribution in [0.2, 0.25) is 0 Å². The SMILES string of the molecule is Cc1cc(C2CCCCC2CNCC(C)C)cs1. The Morgan fingerprint density at radius 1 is 1.33 bits per heavy atom. The van der Waals surface area contributed by atoms with Crippen molar-refractivity contribution in [1.82, 2.24) is 5.32 Å². The molecule has 2 rings (SSSR count). The van der Waals surface area contributed by atoms with Crippen LogP contribution in [0.25, 0.3) is 0 Å². The van der Waals surface area contributed by atoms with E-state index in [1.54, 1.807) is 5.56 Å². The number of hydrogen-bond acceptors (Lipinski definition) is 2. The van der Waals surface area contributed by atoms with E-state index in [9.17, 15) is 0 Å². The molecule has 0 radical (unpaired) electrons. The third kappa shape index (κ3) is 3.83. The van der Waals surface area contributed by atoms with Gasteiger partial charge in [0.2, 0.25) is 0 Å². The van der Waals surface area contributed by atoms with Crippen molar-refractivity contribution < 1.29 is 0 Å². The minimum atomic E-state index is 0.760. The number of hydrogen-bond donors (Lipinski definition) is 1. The molecule has 18 heavy (non-hydrogen) atoms. The van der Waals surface area contributed by atoms with E-state index < -0.39 is 0 Å². The molecule has 1 saturated carbocycles. The smallest absolute Gasteiger partial charge is 0.00171 e. The molecule has 2 heteroatoms. The van der Waals surface area contributed by atoms with Crippen LogP contribution in [0, 0.1) is 18.8 Å². The zero-order chi connectivity index (χ0) is 13.0. The van der Waals surface area contributed by atoms with Gasteiger partial charge < -0.3 is 5.32 Å². The first-order valence-electron chi connectivity index (χ1n) is 7.42. The van der Waals surface area contributed by atoms with Crippen molar-refractivity contribution in [1.29, 1.82) is 0 Å². The van der Waals surface area contributed by atoms with Gasteiger partial charge in [0.15, 0.2) is 0 Å². The first-order chi connectivity index (χ1) is 8.66. The van der Waals surface area contributed by atoms with Crippen molar-refractivity contribution in [2.24, 2.45) is 11.8 Å². The van der Waals surface area contributed by atoms with Gasteiger partial charge in [0.25, 0.3) is 0 Å². The third-order valence-corrected chi connectivity index (χ3v) is 4.93. The molecule has 0 bridgehead atoms. The van der Waals surface area contributed by atoms with E-state index >= 15 is 0 Å². The minimum absolute atomic E-state index is 0.760. The Morgan fingerprint density at radius 2 is 2.11 bits per heavy atom. The predicted octanol–water partition coefficient (Wildman–Crippen LogP) is 4.58. The second-order valence-corrected chi connectivity index (χ2v) is 7.31. The molecule has 1 aromatic heterocycles. The molecular weight excluding hydrogens is 238 g/mol. The van der Waals surface area contributed by atoms with Crippen LogP contribution in [0.4, 0.5) is 0 Å². The summed E-state index contributed by atoms with van der Waals surface area (Å²) in [6.45, 7) is 9.16. The lowest BCUT2D eigenvalue weighted by molar-refractivity contribution is 0.292. The van der Waals surface area contributed by atoms with Crippen LogP contribution < -0.4 is 5.32 Å². The third-order valence-electron chi connectivity index (χ3n) is 4.05. The monoisotopic (exact) mass is 265 g/mol. The van der Waals surface area contributed by atoms with Crippen molar-refractivity contribution >= 4 is 11.3 Å². The van der Waals surface area contributed by atoms with Gasteiger partial charge >= 0.3 is 0 Å². The quantitative estimate of drug-likeness (QED) is 0.822. The molecule has 102 valence electrons. The normalized spacial score (nSPS) is 24.7. The van der Waals surface area contributed by atoms with Crippen LogP contribution in [0.15, 0.2) is 11.4 Å². The maximum Gasteiger partial charge on any atom is 0.00171 e. The lowest BCUT2D eigenvalue weighted by Gasteiger charge is -2.31. The predicted molar refractivity (Wildman–Crippen MR) is 81.5 cm³/mol. The lowest BCUT2D eigenvalue weighted by atomic mass is 9.76. The standard InChI is InChI=1S/C16H27NS/c1-12(2)9-17-10-14-6-4-5-7-16(14)15-8-13(3)18-11-15/h8,11-12,14,16-17H,4-7,9-10H2,1-3H3. The molecule has 2 atom stereocenters. The molecule has 1 heterocycles. The zero-order valence-electron chi connectivity index (χ0n) is 12.0. The number of nitrogens with one attached hydrogen (secondary N) is 1. The molecule has 1 aliphatic carbocycles. The van der Waals surface area contributed by atoms with Crippen molar-refractivity contribution in [3.8, 4) is 0 Å². The fourth-order valence-electron chi connectivity index (χ4n) is 3.11. The molecule has 1 aliphatic rings. The second-order valence-electron chi connectivity index (χ2n) is 6.19. The van der Waals surface area contributed by atoms with E-state index in [0.717, 1.165) is 24.3 Å². The van der Waals surface area contributed by atoms with E-state index in [-0.39, 0.29) is 0 Å². The summed E-state index contributed by atoms with van der Waals surface area (Å²) >= 11 is 1.91. The van der Waals surface area contributed by atoms with Crippen LogP contribution in [0.3, 0.4) is 0 Å². The van der Waals surface area contributed by atoms with Gasteiger partial charge in [0, 0.05) is 4.88 Å². The molecule has 0 saturated heterocycles. The summed E-state index contributed by atoms with van der Waals surface area (Å²) in [5, 5.41) is 6.05. The first-order valence-corrected chi connectivity index (χ1v) is 8.30. The average Bonchev–Trinajstić information content (AvgIpc) is 2.76. The summed E-state index contributed by atoms with van der Waals surface area (Å²) in [6, 6.07) is 2.41. The summed E-state index contributed by atoms with van der Waals surface area (Å²) < 4.78 is 0. The summed E-state index contributed by atoms with van der Waals surface area (Å²) in [5.41, 5.74) is 1.61.